The minimum Gasteiger partial charge on any atom is -0.312 e. The van der Waals surface area contributed by atoms with Crippen LogP contribution in [-0.4, -0.2) is 23.3 Å². The van der Waals surface area contributed by atoms with E-state index in [9.17, 15) is 9.59 Å². The summed E-state index contributed by atoms with van der Waals surface area (Å²) in [6.45, 7) is 4.23. The molecule has 0 bridgehead atoms. The Balaban J connectivity index is 1.72. The first-order valence-corrected chi connectivity index (χ1v) is 8.54. The van der Waals surface area contributed by atoms with E-state index in [4.69, 9.17) is 0 Å². The van der Waals surface area contributed by atoms with Gasteiger partial charge in [0.15, 0.2) is 0 Å². The molecule has 1 unspecified atom stereocenters. The van der Waals surface area contributed by atoms with Crippen LogP contribution in [0, 0.1) is 19.8 Å². The van der Waals surface area contributed by atoms with Crippen molar-refractivity contribution >= 4 is 39.2 Å². The van der Waals surface area contributed by atoms with E-state index >= 15 is 0 Å². The highest BCUT2D eigenvalue weighted by molar-refractivity contribution is 9.10. The summed E-state index contributed by atoms with van der Waals surface area (Å²) in [5, 5.41) is 2.80. The van der Waals surface area contributed by atoms with Gasteiger partial charge in [-0.2, -0.15) is 0 Å². The Bertz CT molecular complexity index is 807. The van der Waals surface area contributed by atoms with Gasteiger partial charge in [-0.1, -0.05) is 22.0 Å². The zero-order chi connectivity index (χ0) is 17.3. The van der Waals surface area contributed by atoms with Gasteiger partial charge >= 0.3 is 0 Å². The van der Waals surface area contributed by atoms with Crippen LogP contribution in [0.25, 0.3) is 0 Å². The van der Waals surface area contributed by atoms with Gasteiger partial charge in [-0.05, 0) is 49.7 Å². The van der Waals surface area contributed by atoms with Gasteiger partial charge in [0.05, 0.1) is 5.92 Å². The Morgan fingerprint density at radius 3 is 2.79 bits per heavy atom. The number of carbonyl (C=O) groups is 2. The summed E-state index contributed by atoms with van der Waals surface area (Å²) in [6, 6.07) is 11.2. The van der Waals surface area contributed by atoms with Crippen LogP contribution in [0.5, 0.6) is 0 Å². The number of anilines is 2. The molecule has 3 rings (SSSR count). The van der Waals surface area contributed by atoms with Gasteiger partial charge in [0.25, 0.3) is 0 Å². The molecule has 2 amide bonds. The molecule has 5 nitrogen and oxygen atoms in total. The minimum atomic E-state index is -0.372. The molecule has 1 N–H and O–H groups in total. The second kappa shape index (κ2) is 6.73. The van der Waals surface area contributed by atoms with E-state index < -0.39 is 0 Å². The molecular weight excluding hydrogens is 370 g/mol. The molecule has 1 aliphatic heterocycles. The molecule has 0 radical (unpaired) electrons. The molecule has 1 saturated heterocycles. The van der Waals surface area contributed by atoms with Crippen LogP contribution in [0.2, 0.25) is 0 Å². The zero-order valence-electron chi connectivity index (χ0n) is 13.5. The Morgan fingerprint density at radius 1 is 1.29 bits per heavy atom. The molecule has 2 aromatic rings. The lowest BCUT2D eigenvalue weighted by Crippen LogP contribution is -2.28. The first kappa shape index (κ1) is 16.6. The number of hydrogen-bond donors (Lipinski definition) is 1. The summed E-state index contributed by atoms with van der Waals surface area (Å²) in [7, 11) is 0. The third kappa shape index (κ3) is 3.48. The molecule has 0 saturated carbocycles. The fourth-order valence-corrected chi connectivity index (χ4v) is 3.02. The van der Waals surface area contributed by atoms with Crippen LogP contribution in [0.4, 0.5) is 11.5 Å². The topological polar surface area (TPSA) is 62.3 Å². The normalized spacial score (nSPS) is 17.2. The molecule has 1 atom stereocenters. The first-order valence-electron chi connectivity index (χ1n) is 7.75. The van der Waals surface area contributed by atoms with E-state index in [0.29, 0.717) is 12.4 Å². The van der Waals surface area contributed by atoms with Gasteiger partial charge in [0, 0.05) is 28.8 Å². The number of nitrogens with zero attached hydrogens (tertiary/aromatic N) is 2. The average Bonchev–Trinajstić information content (AvgIpc) is 2.92. The van der Waals surface area contributed by atoms with E-state index in [2.05, 4.69) is 26.2 Å². The van der Waals surface area contributed by atoms with Crippen molar-refractivity contribution in [2.24, 2.45) is 5.92 Å². The van der Waals surface area contributed by atoms with E-state index in [1.807, 2.05) is 44.2 Å². The number of hydrogen-bond acceptors (Lipinski definition) is 3. The SMILES string of the molecule is Cc1cccc(NC(=O)C2CC(=O)N(c3ccc(Br)c(C)c3)C2)n1. The molecule has 1 fully saturated rings. The Morgan fingerprint density at radius 2 is 2.08 bits per heavy atom. The van der Waals surface area contributed by atoms with Crippen molar-refractivity contribution in [3.05, 3.63) is 52.1 Å². The predicted octanol–water partition coefficient (Wildman–Crippen LogP) is 3.45. The van der Waals surface area contributed by atoms with Crippen molar-refractivity contribution in [1.82, 2.24) is 4.98 Å². The van der Waals surface area contributed by atoms with E-state index in [0.717, 1.165) is 21.4 Å². The van der Waals surface area contributed by atoms with Gasteiger partial charge in [-0.25, -0.2) is 4.98 Å². The largest absolute Gasteiger partial charge is 0.312 e. The quantitative estimate of drug-likeness (QED) is 0.876. The second-order valence-electron chi connectivity index (χ2n) is 5.99. The van der Waals surface area contributed by atoms with Crippen LogP contribution in [0.3, 0.4) is 0 Å². The standard InChI is InChI=1S/C18H18BrN3O2/c1-11-8-14(6-7-15(11)19)22-10-13(9-17(22)23)18(24)21-16-5-3-4-12(2)20-16/h3-8,13H,9-10H2,1-2H3,(H,20,21,24). The first-order chi connectivity index (χ1) is 11.4. The van der Waals surface area contributed by atoms with Crippen molar-refractivity contribution in [1.29, 1.82) is 0 Å². The van der Waals surface area contributed by atoms with Crippen LogP contribution in [-0.2, 0) is 9.59 Å². The third-order valence-electron chi connectivity index (χ3n) is 4.09. The fourth-order valence-electron chi connectivity index (χ4n) is 2.77. The molecule has 2 heterocycles. The number of amides is 2. The number of benzene rings is 1. The van der Waals surface area contributed by atoms with Crippen LogP contribution in [0.1, 0.15) is 17.7 Å². The molecule has 6 heteroatoms. The van der Waals surface area contributed by atoms with Crippen molar-refractivity contribution in [2.45, 2.75) is 20.3 Å². The number of carbonyl (C=O) groups excluding carboxylic acids is 2. The fraction of sp³-hybridized carbons (Fsp3) is 0.278. The average molecular weight is 388 g/mol. The number of aromatic nitrogens is 1. The highest BCUT2D eigenvalue weighted by Crippen LogP contribution is 2.29. The number of rotatable bonds is 3. The van der Waals surface area contributed by atoms with E-state index in [1.54, 1.807) is 11.0 Å². The Kier molecular flexibility index (Phi) is 4.66. The molecular formula is C18H18BrN3O2. The van der Waals surface area contributed by atoms with Gasteiger partial charge in [0.2, 0.25) is 11.8 Å². The molecule has 124 valence electrons. The highest BCUT2D eigenvalue weighted by atomic mass is 79.9. The van der Waals surface area contributed by atoms with Crippen LogP contribution >= 0.6 is 15.9 Å². The van der Waals surface area contributed by atoms with Crippen molar-refractivity contribution in [3.63, 3.8) is 0 Å². The summed E-state index contributed by atoms with van der Waals surface area (Å²) >= 11 is 3.46. The second-order valence-corrected chi connectivity index (χ2v) is 6.85. The monoisotopic (exact) mass is 387 g/mol. The number of aryl methyl sites for hydroxylation is 2. The Labute approximate surface area is 149 Å². The molecule has 1 aliphatic rings. The predicted molar refractivity (Wildman–Crippen MR) is 96.9 cm³/mol. The maximum atomic E-state index is 12.4. The minimum absolute atomic E-state index is 0.0333. The lowest BCUT2D eigenvalue weighted by molar-refractivity contribution is -0.122. The summed E-state index contributed by atoms with van der Waals surface area (Å²) in [5.41, 5.74) is 2.71. The Hall–Kier alpha value is -2.21. The molecule has 1 aromatic carbocycles. The summed E-state index contributed by atoms with van der Waals surface area (Å²) in [5.74, 6) is -0.0546. The van der Waals surface area contributed by atoms with Crippen molar-refractivity contribution in [2.75, 3.05) is 16.8 Å². The maximum absolute atomic E-state index is 12.4. The molecule has 0 aliphatic carbocycles. The number of nitrogens with one attached hydrogen (secondary N) is 1. The van der Waals surface area contributed by atoms with E-state index in [1.165, 1.54) is 0 Å². The van der Waals surface area contributed by atoms with Gasteiger partial charge < -0.3 is 10.2 Å². The number of pyridine rings is 1. The van der Waals surface area contributed by atoms with Crippen LogP contribution in [0.15, 0.2) is 40.9 Å². The van der Waals surface area contributed by atoms with Gasteiger partial charge in [0.1, 0.15) is 5.82 Å². The summed E-state index contributed by atoms with van der Waals surface area (Å²) in [6.07, 6.45) is 0.215. The van der Waals surface area contributed by atoms with Crippen molar-refractivity contribution in [3.8, 4) is 0 Å². The highest BCUT2D eigenvalue weighted by Gasteiger charge is 2.35. The van der Waals surface area contributed by atoms with Crippen molar-refractivity contribution < 1.29 is 9.59 Å². The lowest BCUT2D eigenvalue weighted by Gasteiger charge is -2.17. The smallest absolute Gasteiger partial charge is 0.230 e. The third-order valence-corrected chi connectivity index (χ3v) is 4.98. The van der Waals surface area contributed by atoms with Gasteiger partial charge in [-0.3, -0.25) is 9.59 Å². The summed E-state index contributed by atoms with van der Waals surface area (Å²) < 4.78 is 0.998. The zero-order valence-corrected chi connectivity index (χ0v) is 15.1. The van der Waals surface area contributed by atoms with Gasteiger partial charge in [-0.15, -0.1) is 0 Å². The van der Waals surface area contributed by atoms with Crippen LogP contribution < -0.4 is 10.2 Å². The molecule has 1 aromatic heterocycles. The van der Waals surface area contributed by atoms with E-state index in [-0.39, 0.29) is 24.2 Å². The lowest BCUT2D eigenvalue weighted by atomic mass is 10.1. The molecule has 0 spiro atoms. The molecule has 24 heavy (non-hydrogen) atoms. The maximum Gasteiger partial charge on any atom is 0.230 e. The number of halogens is 1. The summed E-state index contributed by atoms with van der Waals surface area (Å²) in [4.78, 5) is 30.7.